The van der Waals surface area contributed by atoms with Crippen molar-refractivity contribution in [1.29, 1.82) is 0 Å². The average molecular weight is 252 g/mol. The molecule has 0 saturated carbocycles. The second-order valence-electron chi connectivity index (χ2n) is 3.55. The van der Waals surface area contributed by atoms with Crippen molar-refractivity contribution >= 4 is 23.3 Å². The van der Waals surface area contributed by atoms with Crippen LogP contribution in [0, 0.1) is 6.92 Å². The topological polar surface area (TPSA) is 78.0 Å². The van der Waals surface area contributed by atoms with Crippen molar-refractivity contribution in [1.82, 2.24) is 10.2 Å². The molecule has 1 heterocycles. The number of phenolic OH excluding ortho intramolecular Hbond substituents is 1. The zero-order chi connectivity index (χ0) is 12.4. The maximum atomic E-state index is 11.9. The lowest BCUT2D eigenvalue weighted by Crippen LogP contribution is -2.13. The summed E-state index contributed by atoms with van der Waals surface area (Å²) in [5.74, 6) is 0.0912. The summed E-state index contributed by atoms with van der Waals surface area (Å²) in [6, 6.07) is 4.19. The highest BCUT2D eigenvalue weighted by molar-refractivity contribution is 6.34. The number of hydrogen-bond acceptors (Lipinski definition) is 3. The number of aryl methyl sites for hydroxylation is 1. The molecule has 5 nitrogen and oxygen atoms in total. The van der Waals surface area contributed by atoms with Crippen molar-refractivity contribution in [2.24, 2.45) is 0 Å². The molecular weight excluding hydrogens is 242 g/mol. The van der Waals surface area contributed by atoms with E-state index in [-0.39, 0.29) is 16.3 Å². The number of aromatic hydroxyl groups is 1. The minimum absolute atomic E-state index is 0.0131. The van der Waals surface area contributed by atoms with E-state index in [9.17, 15) is 9.90 Å². The van der Waals surface area contributed by atoms with Gasteiger partial charge in [-0.15, -0.1) is 0 Å². The fraction of sp³-hybridized carbons (Fsp3) is 0.0909. The van der Waals surface area contributed by atoms with Gasteiger partial charge in [-0.25, -0.2) is 0 Å². The lowest BCUT2D eigenvalue weighted by atomic mass is 10.2. The predicted molar refractivity (Wildman–Crippen MR) is 64.4 cm³/mol. The number of anilines is 1. The lowest BCUT2D eigenvalue weighted by Gasteiger charge is -2.06. The maximum Gasteiger partial charge on any atom is 0.258 e. The number of aromatic amines is 1. The van der Waals surface area contributed by atoms with Crippen LogP contribution >= 0.6 is 11.6 Å². The van der Waals surface area contributed by atoms with E-state index in [2.05, 4.69) is 15.5 Å². The number of nitrogens with zero attached hydrogens (tertiary/aromatic N) is 1. The van der Waals surface area contributed by atoms with Crippen LogP contribution in [-0.4, -0.2) is 21.2 Å². The third kappa shape index (κ3) is 2.39. The van der Waals surface area contributed by atoms with Crippen LogP contribution in [0.2, 0.25) is 5.02 Å². The van der Waals surface area contributed by atoms with Gasteiger partial charge in [0.05, 0.1) is 16.8 Å². The summed E-state index contributed by atoms with van der Waals surface area (Å²) in [6.07, 6.45) is 1.60. The number of hydrogen-bond donors (Lipinski definition) is 3. The molecule has 0 radical (unpaired) electrons. The number of rotatable bonds is 2. The Morgan fingerprint density at radius 2 is 2.29 bits per heavy atom. The molecule has 0 aliphatic heterocycles. The van der Waals surface area contributed by atoms with E-state index < -0.39 is 5.91 Å². The molecule has 88 valence electrons. The van der Waals surface area contributed by atoms with Crippen LogP contribution in [0.3, 0.4) is 0 Å². The standard InChI is InChI=1S/C11H10ClN3O2/c1-6-5-13-15-10(6)14-11(17)8-4-7(16)2-3-9(8)12/h2-5,16H,1H3,(H2,13,14,15,17). The van der Waals surface area contributed by atoms with Crippen LogP contribution in [0.25, 0.3) is 0 Å². The molecule has 1 aromatic carbocycles. The summed E-state index contributed by atoms with van der Waals surface area (Å²) in [4.78, 5) is 11.9. The highest BCUT2D eigenvalue weighted by Gasteiger charge is 2.13. The van der Waals surface area contributed by atoms with Crippen LogP contribution in [0.4, 0.5) is 5.82 Å². The Hall–Kier alpha value is -2.01. The van der Waals surface area contributed by atoms with Crippen LogP contribution in [0.5, 0.6) is 5.75 Å². The Morgan fingerprint density at radius 3 is 2.94 bits per heavy atom. The Balaban J connectivity index is 2.26. The Labute approximate surface area is 102 Å². The number of halogens is 1. The number of carbonyl (C=O) groups is 1. The van der Waals surface area contributed by atoms with Crippen molar-refractivity contribution in [3.63, 3.8) is 0 Å². The van der Waals surface area contributed by atoms with Crippen LogP contribution in [0.15, 0.2) is 24.4 Å². The van der Waals surface area contributed by atoms with Gasteiger partial charge in [0.15, 0.2) is 0 Å². The third-order valence-electron chi connectivity index (χ3n) is 2.26. The first-order valence-electron chi connectivity index (χ1n) is 4.88. The first kappa shape index (κ1) is 11.5. The minimum Gasteiger partial charge on any atom is -0.508 e. The van der Waals surface area contributed by atoms with Crippen LogP contribution in [-0.2, 0) is 0 Å². The van der Waals surface area contributed by atoms with E-state index in [4.69, 9.17) is 11.6 Å². The van der Waals surface area contributed by atoms with Gasteiger partial charge in [0, 0.05) is 5.56 Å². The van der Waals surface area contributed by atoms with E-state index in [0.717, 1.165) is 5.56 Å². The largest absolute Gasteiger partial charge is 0.508 e. The summed E-state index contributed by atoms with van der Waals surface area (Å²) in [6.45, 7) is 1.81. The first-order chi connectivity index (χ1) is 8.08. The number of amides is 1. The number of carbonyl (C=O) groups excluding carboxylic acids is 1. The molecule has 6 heteroatoms. The summed E-state index contributed by atoms with van der Waals surface area (Å²) >= 11 is 5.87. The number of phenols is 1. The molecule has 17 heavy (non-hydrogen) atoms. The monoisotopic (exact) mass is 251 g/mol. The lowest BCUT2D eigenvalue weighted by molar-refractivity contribution is 0.102. The predicted octanol–water partition coefficient (Wildman–Crippen LogP) is 2.33. The Bertz CT molecular complexity index is 566. The van der Waals surface area contributed by atoms with Gasteiger partial charge < -0.3 is 10.4 Å². The molecule has 0 saturated heterocycles. The van der Waals surface area contributed by atoms with Gasteiger partial charge >= 0.3 is 0 Å². The van der Waals surface area contributed by atoms with Gasteiger partial charge in [0.25, 0.3) is 5.91 Å². The smallest absolute Gasteiger partial charge is 0.258 e. The second-order valence-corrected chi connectivity index (χ2v) is 3.95. The molecule has 1 amide bonds. The van der Waals surface area contributed by atoms with E-state index >= 15 is 0 Å². The summed E-state index contributed by atoms with van der Waals surface area (Å²) in [5, 5.41) is 18.6. The fourth-order valence-corrected chi connectivity index (χ4v) is 1.54. The second kappa shape index (κ2) is 4.47. The fourth-order valence-electron chi connectivity index (χ4n) is 1.34. The Morgan fingerprint density at radius 1 is 1.53 bits per heavy atom. The highest BCUT2D eigenvalue weighted by Crippen LogP contribution is 2.22. The molecular formula is C11H10ClN3O2. The van der Waals surface area contributed by atoms with Crippen LogP contribution < -0.4 is 5.32 Å². The van der Waals surface area contributed by atoms with Gasteiger partial charge in [-0.2, -0.15) is 5.10 Å². The number of aromatic nitrogens is 2. The molecule has 2 rings (SSSR count). The summed E-state index contributed by atoms with van der Waals surface area (Å²) in [7, 11) is 0. The number of nitrogens with one attached hydrogen (secondary N) is 2. The van der Waals surface area contributed by atoms with E-state index in [0.29, 0.717) is 5.82 Å². The third-order valence-corrected chi connectivity index (χ3v) is 2.59. The van der Waals surface area contributed by atoms with Gasteiger partial charge in [0.1, 0.15) is 11.6 Å². The molecule has 0 spiro atoms. The molecule has 0 unspecified atom stereocenters. The molecule has 0 bridgehead atoms. The van der Waals surface area contributed by atoms with Crippen molar-refractivity contribution in [3.05, 3.63) is 40.5 Å². The van der Waals surface area contributed by atoms with Gasteiger partial charge in [0.2, 0.25) is 0 Å². The van der Waals surface area contributed by atoms with E-state index in [1.165, 1.54) is 18.2 Å². The molecule has 1 aromatic heterocycles. The van der Waals surface area contributed by atoms with Crippen molar-refractivity contribution in [2.45, 2.75) is 6.92 Å². The van der Waals surface area contributed by atoms with Crippen LogP contribution in [0.1, 0.15) is 15.9 Å². The van der Waals surface area contributed by atoms with Crippen molar-refractivity contribution in [3.8, 4) is 5.75 Å². The highest BCUT2D eigenvalue weighted by atomic mass is 35.5. The van der Waals surface area contributed by atoms with Gasteiger partial charge in [-0.05, 0) is 25.1 Å². The summed E-state index contributed by atoms with van der Waals surface area (Å²) < 4.78 is 0. The minimum atomic E-state index is -0.404. The first-order valence-corrected chi connectivity index (χ1v) is 5.25. The zero-order valence-corrected chi connectivity index (χ0v) is 9.75. The molecule has 2 aromatic rings. The Kier molecular flexibility index (Phi) is 3.01. The zero-order valence-electron chi connectivity index (χ0n) is 8.99. The molecule has 0 aliphatic carbocycles. The normalized spacial score (nSPS) is 10.2. The van der Waals surface area contributed by atoms with Gasteiger partial charge in [-0.1, -0.05) is 11.6 Å². The van der Waals surface area contributed by atoms with Crippen molar-refractivity contribution in [2.75, 3.05) is 5.32 Å². The number of benzene rings is 1. The SMILES string of the molecule is Cc1cn[nH]c1NC(=O)c1cc(O)ccc1Cl. The van der Waals surface area contributed by atoms with Gasteiger partial charge in [-0.3, -0.25) is 9.89 Å². The summed E-state index contributed by atoms with van der Waals surface area (Å²) in [5.41, 5.74) is 1.02. The average Bonchev–Trinajstić information content (AvgIpc) is 2.68. The number of H-pyrrole nitrogens is 1. The molecule has 0 fully saturated rings. The van der Waals surface area contributed by atoms with Crippen molar-refractivity contribution < 1.29 is 9.90 Å². The maximum absolute atomic E-state index is 11.9. The van der Waals surface area contributed by atoms with E-state index in [1.807, 2.05) is 6.92 Å². The molecule has 0 atom stereocenters. The van der Waals surface area contributed by atoms with E-state index in [1.54, 1.807) is 6.20 Å². The molecule has 3 N–H and O–H groups in total. The quantitative estimate of drug-likeness (QED) is 0.767. The molecule has 0 aliphatic rings.